The van der Waals surface area contributed by atoms with Crippen molar-refractivity contribution in [3.8, 4) is 0 Å². The standard InChI is InChI=1S/C36H45Si.3ClH.Ti/c1-25(2)28-14-10-17-31(22-28)37(32-18-11-15-29(23-32)26(3)4,33-19-12-16-30(24-33)27(5)6)35-21-13-20-34(35)36(7,8)9;;;;/h10-12,14-20,22-27H,13H2,1-9H3;3*1H;. The average Bonchev–Trinajstić information content (AvgIpc) is 3.27. The average molecular weight is 663 g/mol. The first-order valence-corrected chi connectivity index (χ1v) is 17.1. The normalized spacial score (nSPS) is 13.6. The number of halogens is 3. The minimum atomic E-state index is -2.65. The fraction of sp³-hybridized carbons (Fsp3) is 0.389. The van der Waals surface area contributed by atoms with E-state index in [2.05, 4.69) is 162 Å². The summed E-state index contributed by atoms with van der Waals surface area (Å²) < 4.78 is 1.54. The second-order valence-corrected chi connectivity index (χ2v) is 17.7. The molecule has 0 heterocycles. The molecule has 0 amide bonds. The van der Waals surface area contributed by atoms with Crippen molar-refractivity contribution >= 4 is 60.9 Å². The van der Waals surface area contributed by atoms with Crippen LogP contribution in [0.15, 0.2) is 93.5 Å². The summed E-state index contributed by atoms with van der Waals surface area (Å²) in [6.45, 7) is 21.1. The second-order valence-electron chi connectivity index (χ2n) is 13.0. The Morgan fingerprint density at radius 1 is 0.610 bits per heavy atom. The number of allylic oxidation sites excluding steroid dienone is 4. The van der Waals surface area contributed by atoms with E-state index in [1.807, 2.05) is 0 Å². The Labute approximate surface area is 281 Å². The van der Waals surface area contributed by atoms with Crippen LogP contribution in [-0.4, -0.2) is 8.07 Å². The van der Waals surface area contributed by atoms with Gasteiger partial charge in [0.15, 0.2) is 0 Å². The van der Waals surface area contributed by atoms with Crippen LogP contribution in [0.5, 0.6) is 0 Å². The molecule has 0 bridgehead atoms. The first-order chi connectivity index (χ1) is 17.9. The Bertz CT molecular complexity index is 1250. The molecule has 0 N–H and O–H groups in total. The molecular weight excluding hydrogens is 615 g/mol. The summed E-state index contributed by atoms with van der Waals surface area (Å²) in [5.41, 5.74) is 5.90. The van der Waals surface area contributed by atoms with Crippen LogP contribution in [0.4, 0.5) is 0 Å². The van der Waals surface area contributed by atoms with E-state index in [0.29, 0.717) is 17.8 Å². The molecule has 1 aliphatic carbocycles. The third-order valence-corrected chi connectivity index (χ3v) is 14.2. The molecule has 5 heteroatoms. The van der Waals surface area contributed by atoms with Crippen molar-refractivity contribution in [3.63, 3.8) is 0 Å². The molecule has 1 aliphatic rings. The maximum absolute atomic E-state index is 2.65. The summed E-state index contributed by atoms with van der Waals surface area (Å²) in [6.07, 6.45) is 3.59. The Hall–Kier alpha value is -1.06. The number of rotatable bonds is 7. The van der Waals surface area contributed by atoms with Crippen LogP contribution in [0.25, 0.3) is 0 Å². The fourth-order valence-corrected chi connectivity index (χ4v) is 12.7. The Morgan fingerprint density at radius 2 is 0.951 bits per heavy atom. The third-order valence-electron chi connectivity index (χ3n) is 8.22. The van der Waals surface area contributed by atoms with Gasteiger partial charge >= 0.3 is 246 Å². The Balaban J connectivity index is 0.00000280. The van der Waals surface area contributed by atoms with Gasteiger partial charge in [0.2, 0.25) is 0 Å². The predicted molar refractivity (Wildman–Crippen MR) is 187 cm³/mol. The molecule has 0 aromatic heterocycles. The molecule has 221 valence electrons. The van der Waals surface area contributed by atoms with E-state index in [4.69, 9.17) is 0 Å². The summed E-state index contributed by atoms with van der Waals surface area (Å²) in [5, 5.41) is 6.17. The van der Waals surface area contributed by atoms with Crippen LogP contribution in [-0.2, 0) is 20.4 Å². The first kappa shape index (κ1) is 38.0. The van der Waals surface area contributed by atoms with Crippen LogP contribution >= 0.6 is 37.2 Å². The van der Waals surface area contributed by atoms with Crippen LogP contribution < -0.4 is 15.6 Å². The second kappa shape index (κ2) is 15.1. The first-order valence-electron chi connectivity index (χ1n) is 14.3. The molecule has 41 heavy (non-hydrogen) atoms. The Morgan fingerprint density at radius 3 is 1.24 bits per heavy atom. The summed E-state index contributed by atoms with van der Waals surface area (Å²) in [5.74, 6) is 1.46. The molecule has 0 atom stereocenters. The van der Waals surface area contributed by atoms with Crippen molar-refractivity contribution in [2.75, 3.05) is 0 Å². The van der Waals surface area contributed by atoms with Crippen LogP contribution in [0, 0.1) is 5.41 Å². The molecule has 4 rings (SSSR count). The van der Waals surface area contributed by atoms with E-state index < -0.39 is 8.07 Å². The van der Waals surface area contributed by atoms with Crippen molar-refractivity contribution < 1.29 is 20.4 Å². The van der Waals surface area contributed by atoms with E-state index in [1.165, 1.54) is 32.3 Å². The smallest absolute Gasteiger partial charge is 0.147 e. The van der Waals surface area contributed by atoms with E-state index in [-0.39, 0.29) is 42.6 Å². The molecule has 0 radical (unpaired) electrons. The zero-order chi connectivity index (χ0) is 27.8. The minimum absolute atomic E-state index is 0. The molecule has 0 saturated carbocycles. The van der Waals surface area contributed by atoms with Gasteiger partial charge in [0.05, 0.1) is 0 Å². The molecule has 0 fully saturated rings. The number of hydrogen-bond acceptors (Lipinski definition) is 0. The van der Waals surface area contributed by atoms with Gasteiger partial charge in [0.1, 0.15) is 0 Å². The van der Waals surface area contributed by atoms with Crippen molar-refractivity contribution in [3.05, 3.63) is 110 Å². The minimum Gasteiger partial charge on any atom is -0.147 e. The SMILES string of the molecule is CC(C)c1cccc([Si](C2=[C]([Ti])CC=C2C(C)(C)C)(c2cccc(C(C)C)c2)c2cccc(C(C)C)c2)c1.Cl.Cl.Cl. The Kier molecular flexibility index (Phi) is 14.0. The summed E-state index contributed by atoms with van der Waals surface area (Å²) in [6, 6.07) is 28.9. The predicted octanol–water partition coefficient (Wildman–Crippen LogP) is 9.51. The van der Waals surface area contributed by atoms with Gasteiger partial charge in [-0.3, -0.25) is 0 Å². The molecule has 3 aromatic carbocycles. The molecule has 3 aromatic rings. The van der Waals surface area contributed by atoms with E-state index in [0.717, 1.165) is 6.42 Å². The van der Waals surface area contributed by atoms with E-state index in [1.54, 1.807) is 14.6 Å². The van der Waals surface area contributed by atoms with Gasteiger partial charge in [-0.25, -0.2) is 0 Å². The fourth-order valence-electron chi connectivity index (χ4n) is 6.01. The largest absolute Gasteiger partial charge is 0.147 e. The van der Waals surface area contributed by atoms with Crippen LogP contribution in [0.3, 0.4) is 0 Å². The van der Waals surface area contributed by atoms with Gasteiger partial charge in [-0.05, 0) is 0 Å². The van der Waals surface area contributed by atoms with Gasteiger partial charge < -0.3 is 0 Å². The zero-order valence-corrected chi connectivity index (χ0v) is 31.2. The van der Waals surface area contributed by atoms with Crippen molar-refractivity contribution in [1.82, 2.24) is 0 Å². The topological polar surface area (TPSA) is 0 Å². The van der Waals surface area contributed by atoms with E-state index >= 15 is 0 Å². The molecule has 0 unspecified atom stereocenters. The quantitative estimate of drug-likeness (QED) is 0.175. The van der Waals surface area contributed by atoms with Gasteiger partial charge in [-0.2, -0.15) is 0 Å². The molecule has 0 nitrogen and oxygen atoms in total. The van der Waals surface area contributed by atoms with Crippen molar-refractivity contribution in [1.29, 1.82) is 0 Å². The van der Waals surface area contributed by atoms with Crippen LogP contribution in [0.2, 0.25) is 0 Å². The van der Waals surface area contributed by atoms with Gasteiger partial charge in [-0.1, -0.05) is 0 Å². The summed E-state index contributed by atoms with van der Waals surface area (Å²) in [7, 11) is -2.65. The molecule has 0 saturated heterocycles. The van der Waals surface area contributed by atoms with Crippen LogP contribution in [0.1, 0.15) is 103 Å². The van der Waals surface area contributed by atoms with Crippen molar-refractivity contribution in [2.45, 2.75) is 86.5 Å². The van der Waals surface area contributed by atoms with Gasteiger partial charge in [-0.15, -0.1) is 37.2 Å². The van der Waals surface area contributed by atoms with E-state index in [9.17, 15) is 0 Å². The monoisotopic (exact) mass is 661 g/mol. The number of benzene rings is 3. The van der Waals surface area contributed by atoms with Gasteiger partial charge in [0.25, 0.3) is 0 Å². The molecule has 0 aliphatic heterocycles. The summed E-state index contributed by atoms with van der Waals surface area (Å²) >= 11 is 2.40. The third kappa shape index (κ3) is 7.54. The van der Waals surface area contributed by atoms with Gasteiger partial charge in [0, 0.05) is 0 Å². The summed E-state index contributed by atoms with van der Waals surface area (Å²) in [4.78, 5) is 0. The van der Waals surface area contributed by atoms with Crippen molar-refractivity contribution in [2.24, 2.45) is 5.41 Å². The maximum Gasteiger partial charge on any atom is -0.147 e. The molecule has 0 spiro atoms. The molecular formula is C36H48Cl3SiTi. The zero-order valence-electron chi connectivity index (χ0n) is 26.2. The number of hydrogen-bond donors (Lipinski definition) is 0. The maximum atomic E-state index is 2.56.